The maximum Gasteiger partial charge on any atom is 0.326 e. The highest BCUT2D eigenvalue weighted by Gasteiger charge is 2.28. The molecule has 23 heavy (non-hydrogen) atoms. The van der Waals surface area contributed by atoms with E-state index in [0.29, 0.717) is 6.42 Å². The lowest BCUT2D eigenvalue weighted by atomic mass is 9.99. The Morgan fingerprint density at radius 1 is 1.43 bits per heavy atom. The fraction of sp³-hybridized carbons (Fsp3) is 0.500. The molecule has 0 spiro atoms. The second kappa shape index (κ2) is 8.02. The number of hydrogen-bond donors (Lipinski definition) is 2. The van der Waals surface area contributed by atoms with Crippen molar-refractivity contribution in [3.63, 3.8) is 0 Å². The zero-order valence-electron chi connectivity index (χ0n) is 13.3. The van der Waals surface area contributed by atoms with Crippen LogP contribution in [0.1, 0.15) is 20.3 Å². The van der Waals surface area contributed by atoms with Crippen molar-refractivity contribution in [1.82, 2.24) is 14.6 Å². The third kappa shape index (κ3) is 5.00. The predicted molar refractivity (Wildman–Crippen MR) is 83.1 cm³/mol. The second-order valence-corrected chi connectivity index (χ2v) is 7.26. The van der Waals surface area contributed by atoms with Crippen LogP contribution in [0.4, 0.5) is 0 Å². The molecule has 1 aromatic heterocycles. The highest BCUT2D eigenvalue weighted by atomic mass is 32.2. The Morgan fingerprint density at radius 3 is 2.57 bits per heavy atom. The first-order valence-electron chi connectivity index (χ1n) is 7.08. The van der Waals surface area contributed by atoms with E-state index in [9.17, 15) is 18.0 Å². The van der Waals surface area contributed by atoms with Crippen LogP contribution < -0.4 is 5.32 Å². The molecule has 1 heterocycles. The van der Waals surface area contributed by atoms with Gasteiger partial charge in [-0.15, -0.1) is 0 Å². The third-order valence-corrected chi connectivity index (χ3v) is 5.29. The Labute approximate surface area is 135 Å². The first kappa shape index (κ1) is 19.0. The highest BCUT2D eigenvalue weighted by Crippen LogP contribution is 2.12. The van der Waals surface area contributed by atoms with Gasteiger partial charge in [0.15, 0.2) is 0 Å². The Morgan fingerprint density at radius 2 is 2.09 bits per heavy atom. The summed E-state index contributed by atoms with van der Waals surface area (Å²) >= 11 is 0. The van der Waals surface area contributed by atoms with E-state index >= 15 is 0 Å². The van der Waals surface area contributed by atoms with Gasteiger partial charge in [0.1, 0.15) is 10.9 Å². The van der Waals surface area contributed by atoms with E-state index in [-0.39, 0.29) is 10.8 Å². The van der Waals surface area contributed by atoms with Crippen LogP contribution in [-0.4, -0.2) is 54.3 Å². The van der Waals surface area contributed by atoms with E-state index in [4.69, 9.17) is 5.11 Å². The van der Waals surface area contributed by atoms with Crippen LogP contribution in [0, 0.1) is 5.92 Å². The van der Waals surface area contributed by atoms with Gasteiger partial charge >= 0.3 is 5.97 Å². The average molecular weight is 343 g/mol. The summed E-state index contributed by atoms with van der Waals surface area (Å²) in [5.74, 6) is -2.09. The van der Waals surface area contributed by atoms with Crippen LogP contribution in [0.3, 0.4) is 0 Å². The minimum atomic E-state index is -3.85. The van der Waals surface area contributed by atoms with E-state index in [1.807, 2.05) is 6.92 Å². The third-order valence-electron chi connectivity index (χ3n) is 3.50. The van der Waals surface area contributed by atoms with Crippen LogP contribution >= 0.6 is 0 Å². The van der Waals surface area contributed by atoms with E-state index in [1.54, 1.807) is 6.92 Å². The molecule has 0 saturated carbocycles. The molecule has 8 nitrogen and oxygen atoms in total. The Bertz CT molecular complexity index is 648. The largest absolute Gasteiger partial charge is 0.480 e. The number of carbonyl (C=O) groups is 2. The molecule has 2 unspecified atom stereocenters. The normalized spacial score (nSPS) is 14.3. The number of aromatic nitrogens is 1. The van der Waals surface area contributed by atoms with Crippen molar-refractivity contribution in [3.8, 4) is 0 Å². The fourth-order valence-corrected chi connectivity index (χ4v) is 2.96. The minimum Gasteiger partial charge on any atom is -0.480 e. The van der Waals surface area contributed by atoms with Crippen molar-refractivity contribution in [2.75, 3.05) is 13.6 Å². The summed E-state index contributed by atoms with van der Waals surface area (Å²) < 4.78 is 25.4. The Balaban J connectivity index is 2.78. The monoisotopic (exact) mass is 343 g/mol. The van der Waals surface area contributed by atoms with Crippen LogP contribution in [0.5, 0.6) is 0 Å². The number of nitrogens with zero attached hydrogens (tertiary/aromatic N) is 2. The average Bonchev–Trinajstić information content (AvgIpc) is 2.52. The number of carboxylic acid groups (broad SMARTS) is 1. The van der Waals surface area contributed by atoms with Gasteiger partial charge in [-0.2, -0.15) is 4.31 Å². The summed E-state index contributed by atoms with van der Waals surface area (Å²) in [6.07, 6.45) is 3.19. The molecule has 0 radical (unpaired) electrons. The summed E-state index contributed by atoms with van der Waals surface area (Å²) in [6, 6.07) is 1.79. The van der Waals surface area contributed by atoms with Gasteiger partial charge in [0, 0.05) is 19.4 Å². The first-order chi connectivity index (χ1) is 10.7. The molecule has 0 saturated heterocycles. The summed E-state index contributed by atoms with van der Waals surface area (Å²) in [4.78, 5) is 26.9. The second-order valence-electron chi connectivity index (χ2n) is 5.22. The molecule has 9 heteroatoms. The van der Waals surface area contributed by atoms with Gasteiger partial charge < -0.3 is 10.4 Å². The number of carbonyl (C=O) groups excluding carboxylic acids is 1. The van der Waals surface area contributed by atoms with Gasteiger partial charge in [0.2, 0.25) is 15.9 Å². The van der Waals surface area contributed by atoms with E-state index in [0.717, 1.165) is 4.31 Å². The maximum absolute atomic E-state index is 12.3. The number of rotatable bonds is 8. The smallest absolute Gasteiger partial charge is 0.326 e. The number of sulfonamides is 1. The van der Waals surface area contributed by atoms with Crippen molar-refractivity contribution >= 4 is 21.9 Å². The summed E-state index contributed by atoms with van der Waals surface area (Å²) in [5, 5.41) is 11.5. The van der Waals surface area contributed by atoms with Gasteiger partial charge in [-0.1, -0.05) is 20.3 Å². The lowest BCUT2D eigenvalue weighted by molar-refractivity contribution is -0.143. The van der Waals surface area contributed by atoms with E-state index in [1.165, 1.54) is 31.6 Å². The van der Waals surface area contributed by atoms with Crippen molar-refractivity contribution < 1.29 is 23.1 Å². The molecule has 0 fully saturated rings. The SMILES string of the molecule is CCC(C)C(NC(=O)CN(C)S(=O)(=O)c1cccnc1)C(=O)O. The van der Waals surface area contributed by atoms with Gasteiger partial charge in [-0.05, 0) is 18.1 Å². The zero-order valence-corrected chi connectivity index (χ0v) is 14.1. The summed E-state index contributed by atoms with van der Waals surface area (Å²) in [5.41, 5.74) is 0. The van der Waals surface area contributed by atoms with Crippen molar-refractivity contribution in [3.05, 3.63) is 24.5 Å². The Kier molecular flexibility index (Phi) is 6.64. The molecule has 2 atom stereocenters. The lowest BCUT2D eigenvalue weighted by Gasteiger charge is -2.22. The van der Waals surface area contributed by atoms with Crippen molar-refractivity contribution in [1.29, 1.82) is 0 Å². The van der Waals surface area contributed by atoms with Gasteiger partial charge in [0.25, 0.3) is 0 Å². The molecule has 0 aromatic carbocycles. The van der Waals surface area contributed by atoms with Crippen LogP contribution in [0.25, 0.3) is 0 Å². The number of likely N-dealkylation sites (N-methyl/N-ethyl adjacent to an activating group) is 1. The summed E-state index contributed by atoms with van der Waals surface area (Å²) in [7, 11) is -2.60. The molecule has 1 amide bonds. The molecular formula is C14H21N3O5S. The Hall–Kier alpha value is -2.00. The summed E-state index contributed by atoms with van der Waals surface area (Å²) in [6.45, 7) is 3.04. The standard InChI is InChI=1S/C14H21N3O5S/c1-4-10(2)13(14(19)20)16-12(18)9-17(3)23(21,22)11-6-5-7-15-8-11/h5-8,10,13H,4,9H2,1-3H3,(H,16,18)(H,19,20). The van der Waals surface area contributed by atoms with Crippen LogP contribution in [-0.2, 0) is 19.6 Å². The predicted octanol–water partition coefficient (Wildman–Crippen LogP) is 0.318. The molecule has 128 valence electrons. The topological polar surface area (TPSA) is 117 Å². The van der Waals surface area contributed by atoms with Gasteiger partial charge in [0.05, 0.1) is 6.54 Å². The first-order valence-corrected chi connectivity index (χ1v) is 8.52. The van der Waals surface area contributed by atoms with E-state index < -0.39 is 34.5 Å². The number of aliphatic carboxylic acids is 1. The number of pyridine rings is 1. The zero-order chi connectivity index (χ0) is 17.6. The lowest BCUT2D eigenvalue weighted by Crippen LogP contribution is -2.48. The number of hydrogen-bond acceptors (Lipinski definition) is 5. The fourth-order valence-electron chi connectivity index (χ4n) is 1.87. The molecule has 1 aromatic rings. The number of amides is 1. The molecule has 0 aliphatic heterocycles. The number of nitrogens with one attached hydrogen (secondary N) is 1. The molecular weight excluding hydrogens is 322 g/mol. The molecule has 2 N–H and O–H groups in total. The van der Waals surface area contributed by atoms with Crippen molar-refractivity contribution in [2.24, 2.45) is 5.92 Å². The van der Waals surface area contributed by atoms with Crippen LogP contribution in [0.2, 0.25) is 0 Å². The maximum atomic E-state index is 12.3. The minimum absolute atomic E-state index is 0.0352. The van der Waals surface area contributed by atoms with Gasteiger partial charge in [-0.3, -0.25) is 9.78 Å². The number of carboxylic acids is 1. The molecule has 0 bridgehead atoms. The quantitative estimate of drug-likeness (QED) is 0.702. The molecule has 0 aliphatic carbocycles. The van der Waals surface area contributed by atoms with Gasteiger partial charge in [-0.25, -0.2) is 13.2 Å². The van der Waals surface area contributed by atoms with E-state index in [2.05, 4.69) is 10.3 Å². The highest BCUT2D eigenvalue weighted by molar-refractivity contribution is 7.89. The van der Waals surface area contributed by atoms with Crippen LogP contribution in [0.15, 0.2) is 29.4 Å². The molecule has 1 rings (SSSR count). The molecule has 0 aliphatic rings. The van der Waals surface area contributed by atoms with Crippen molar-refractivity contribution in [2.45, 2.75) is 31.2 Å².